The minimum atomic E-state index is -1.21. The van der Waals surface area contributed by atoms with Crippen LogP contribution >= 0.6 is 0 Å². The zero-order valence-electron chi connectivity index (χ0n) is 7.64. The van der Waals surface area contributed by atoms with Crippen LogP contribution in [0.1, 0.15) is 6.92 Å². The molecule has 7 nitrogen and oxygen atoms in total. The molecule has 0 rings (SSSR count). The molecule has 1 unspecified atom stereocenters. The smallest absolute Gasteiger partial charge is 0.317 e. The Kier molecular flexibility index (Phi) is 4.57. The number of primary amides is 1. The van der Waals surface area contributed by atoms with Crippen LogP contribution in [0.25, 0.3) is 0 Å². The van der Waals surface area contributed by atoms with Crippen molar-refractivity contribution in [2.24, 2.45) is 5.73 Å². The van der Waals surface area contributed by atoms with Gasteiger partial charge in [0.15, 0.2) is 0 Å². The van der Waals surface area contributed by atoms with Crippen molar-refractivity contribution in [3.05, 3.63) is 0 Å². The molecule has 1 atom stereocenters. The fraction of sp³-hybridized carbons (Fsp3) is 0.571. The van der Waals surface area contributed by atoms with E-state index >= 15 is 0 Å². The Hall–Kier alpha value is -1.63. The number of aliphatic carboxylic acids is 2. The van der Waals surface area contributed by atoms with E-state index < -0.39 is 37.0 Å². The van der Waals surface area contributed by atoms with Crippen molar-refractivity contribution in [3.8, 4) is 0 Å². The second kappa shape index (κ2) is 5.18. The molecule has 1 amide bonds. The van der Waals surface area contributed by atoms with Gasteiger partial charge in [-0.05, 0) is 6.92 Å². The quantitative estimate of drug-likeness (QED) is 0.475. The van der Waals surface area contributed by atoms with Crippen LogP contribution in [0, 0.1) is 0 Å². The Bertz CT molecular complexity index is 236. The second-order valence-corrected chi connectivity index (χ2v) is 2.77. The van der Waals surface area contributed by atoms with Crippen molar-refractivity contribution in [3.63, 3.8) is 0 Å². The summed E-state index contributed by atoms with van der Waals surface area (Å²) in [4.78, 5) is 32.3. The standard InChI is InChI=1S/C7H12N2O5/c1-4(7(8)14)9(2-5(10)11)3-6(12)13/h4H,2-3H2,1H3,(H2,8,14)(H,10,11)(H,12,13). The minimum Gasteiger partial charge on any atom is -0.480 e. The average molecular weight is 204 g/mol. The molecule has 0 aromatic rings. The number of hydrogen-bond donors (Lipinski definition) is 3. The Morgan fingerprint density at radius 2 is 1.57 bits per heavy atom. The van der Waals surface area contributed by atoms with Gasteiger partial charge in [0.05, 0.1) is 19.1 Å². The maximum Gasteiger partial charge on any atom is 0.317 e. The molecule has 0 bridgehead atoms. The maximum absolute atomic E-state index is 10.7. The Morgan fingerprint density at radius 1 is 1.21 bits per heavy atom. The highest BCUT2D eigenvalue weighted by Crippen LogP contribution is 1.97. The number of carboxylic acid groups (broad SMARTS) is 2. The number of hydrogen-bond acceptors (Lipinski definition) is 4. The van der Waals surface area contributed by atoms with Gasteiger partial charge in [0, 0.05) is 0 Å². The molecule has 0 radical (unpaired) electrons. The monoisotopic (exact) mass is 204 g/mol. The van der Waals surface area contributed by atoms with Gasteiger partial charge >= 0.3 is 11.9 Å². The molecule has 80 valence electrons. The lowest BCUT2D eigenvalue weighted by molar-refractivity contribution is -0.143. The number of carboxylic acids is 2. The molecule has 0 saturated heterocycles. The number of carbonyl (C=O) groups excluding carboxylic acids is 1. The van der Waals surface area contributed by atoms with Gasteiger partial charge in [-0.25, -0.2) is 0 Å². The van der Waals surface area contributed by atoms with Gasteiger partial charge in [-0.2, -0.15) is 0 Å². The van der Waals surface area contributed by atoms with Gasteiger partial charge in [-0.15, -0.1) is 0 Å². The number of amides is 1. The van der Waals surface area contributed by atoms with Crippen molar-refractivity contribution in [1.82, 2.24) is 4.90 Å². The summed E-state index contributed by atoms with van der Waals surface area (Å²) in [6.07, 6.45) is 0. The Morgan fingerprint density at radius 3 is 1.79 bits per heavy atom. The van der Waals surface area contributed by atoms with Crippen molar-refractivity contribution in [1.29, 1.82) is 0 Å². The van der Waals surface area contributed by atoms with Gasteiger partial charge in [0.2, 0.25) is 5.91 Å². The average Bonchev–Trinajstić information content (AvgIpc) is 1.99. The molecule has 0 aromatic carbocycles. The maximum atomic E-state index is 10.7. The van der Waals surface area contributed by atoms with E-state index in [0.29, 0.717) is 0 Å². The molecule has 0 spiro atoms. The van der Waals surface area contributed by atoms with E-state index in [9.17, 15) is 14.4 Å². The summed E-state index contributed by atoms with van der Waals surface area (Å²) >= 11 is 0. The van der Waals surface area contributed by atoms with E-state index in [2.05, 4.69) is 0 Å². The first kappa shape index (κ1) is 12.4. The van der Waals surface area contributed by atoms with E-state index in [0.717, 1.165) is 4.90 Å². The molecule has 0 aliphatic rings. The summed E-state index contributed by atoms with van der Waals surface area (Å²) in [7, 11) is 0. The predicted octanol–water partition coefficient (Wildman–Crippen LogP) is -1.67. The molecule has 0 heterocycles. The van der Waals surface area contributed by atoms with Crippen LogP contribution in [0.2, 0.25) is 0 Å². The summed E-state index contributed by atoms with van der Waals surface area (Å²) in [5, 5.41) is 16.9. The fourth-order valence-corrected chi connectivity index (χ4v) is 0.857. The highest BCUT2D eigenvalue weighted by atomic mass is 16.4. The molecular formula is C7H12N2O5. The normalized spacial score (nSPS) is 12.4. The van der Waals surface area contributed by atoms with Crippen molar-refractivity contribution >= 4 is 17.8 Å². The van der Waals surface area contributed by atoms with Crippen molar-refractivity contribution in [2.45, 2.75) is 13.0 Å². The van der Waals surface area contributed by atoms with Crippen LogP contribution in [0.15, 0.2) is 0 Å². The highest BCUT2D eigenvalue weighted by molar-refractivity contribution is 5.81. The van der Waals surface area contributed by atoms with E-state index in [4.69, 9.17) is 15.9 Å². The van der Waals surface area contributed by atoms with Crippen molar-refractivity contribution in [2.75, 3.05) is 13.1 Å². The lowest BCUT2D eigenvalue weighted by atomic mass is 10.2. The number of nitrogens with zero attached hydrogens (tertiary/aromatic N) is 1. The molecule has 0 fully saturated rings. The summed E-state index contributed by atoms with van der Waals surface area (Å²) in [6, 6.07) is -0.915. The molecule has 0 aliphatic carbocycles. The lowest BCUT2D eigenvalue weighted by Gasteiger charge is -2.22. The van der Waals surface area contributed by atoms with E-state index in [1.54, 1.807) is 0 Å². The summed E-state index contributed by atoms with van der Waals surface area (Å²) in [5.41, 5.74) is 4.92. The van der Waals surface area contributed by atoms with Crippen molar-refractivity contribution < 1.29 is 24.6 Å². The summed E-state index contributed by atoms with van der Waals surface area (Å²) in [6.45, 7) is 0.293. The first-order valence-corrected chi connectivity index (χ1v) is 3.81. The van der Waals surface area contributed by atoms with Gasteiger partial charge in [-0.1, -0.05) is 0 Å². The summed E-state index contributed by atoms with van der Waals surface area (Å²) in [5.74, 6) is -3.17. The molecule has 0 aromatic heterocycles. The van der Waals surface area contributed by atoms with E-state index in [1.807, 2.05) is 0 Å². The van der Waals surface area contributed by atoms with Gasteiger partial charge in [0.1, 0.15) is 0 Å². The van der Waals surface area contributed by atoms with Gasteiger partial charge < -0.3 is 15.9 Å². The van der Waals surface area contributed by atoms with Gasteiger partial charge in [0.25, 0.3) is 0 Å². The summed E-state index contributed by atoms with van der Waals surface area (Å²) < 4.78 is 0. The van der Waals surface area contributed by atoms with E-state index in [-0.39, 0.29) is 0 Å². The van der Waals surface area contributed by atoms with Crippen LogP contribution in [-0.2, 0) is 14.4 Å². The first-order valence-electron chi connectivity index (χ1n) is 3.81. The SMILES string of the molecule is CC(C(N)=O)N(CC(=O)O)CC(=O)O. The topological polar surface area (TPSA) is 121 Å². The third-order valence-electron chi connectivity index (χ3n) is 1.64. The predicted molar refractivity (Wildman–Crippen MR) is 45.5 cm³/mol. The zero-order chi connectivity index (χ0) is 11.3. The third kappa shape index (κ3) is 4.41. The number of rotatable bonds is 6. The van der Waals surface area contributed by atoms with Gasteiger partial charge in [-0.3, -0.25) is 19.3 Å². The van der Waals surface area contributed by atoms with Crippen LogP contribution in [0.5, 0.6) is 0 Å². The number of carbonyl (C=O) groups is 3. The van der Waals surface area contributed by atoms with Crippen LogP contribution in [-0.4, -0.2) is 52.1 Å². The fourth-order valence-electron chi connectivity index (χ4n) is 0.857. The Balaban J connectivity index is 4.45. The van der Waals surface area contributed by atoms with Crippen LogP contribution in [0.3, 0.4) is 0 Å². The number of nitrogens with two attached hydrogens (primary N) is 1. The second-order valence-electron chi connectivity index (χ2n) is 2.77. The first-order chi connectivity index (χ1) is 6.34. The Labute approximate surface area is 80.1 Å². The van der Waals surface area contributed by atoms with Crippen LogP contribution < -0.4 is 5.73 Å². The molecule has 14 heavy (non-hydrogen) atoms. The largest absolute Gasteiger partial charge is 0.480 e. The zero-order valence-corrected chi connectivity index (χ0v) is 7.64. The lowest BCUT2D eigenvalue weighted by Crippen LogP contribution is -2.47. The molecular weight excluding hydrogens is 192 g/mol. The highest BCUT2D eigenvalue weighted by Gasteiger charge is 2.23. The molecule has 0 saturated carbocycles. The van der Waals surface area contributed by atoms with E-state index in [1.165, 1.54) is 6.92 Å². The third-order valence-corrected chi connectivity index (χ3v) is 1.64. The minimum absolute atomic E-state index is 0.531. The molecule has 7 heteroatoms. The molecule has 0 aliphatic heterocycles. The van der Waals surface area contributed by atoms with Crippen LogP contribution in [0.4, 0.5) is 0 Å². The molecule has 4 N–H and O–H groups in total.